The molecule has 21 heavy (non-hydrogen) atoms. The average molecular weight is 302 g/mol. The Hall–Kier alpha value is -1.88. The largest absolute Gasteiger partial charge is 0.362 e. The summed E-state index contributed by atoms with van der Waals surface area (Å²) in [5.41, 5.74) is 2.34. The molecule has 0 aliphatic heterocycles. The van der Waals surface area contributed by atoms with Crippen molar-refractivity contribution < 1.29 is 0 Å². The molecule has 4 nitrogen and oxygen atoms in total. The zero-order chi connectivity index (χ0) is 15.1. The Balaban J connectivity index is 1.94. The van der Waals surface area contributed by atoms with Crippen molar-refractivity contribution >= 4 is 23.1 Å². The van der Waals surface area contributed by atoms with Gasteiger partial charge in [0, 0.05) is 18.3 Å². The van der Waals surface area contributed by atoms with Gasteiger partial charge < -0.3 is 10.6 Å². The van der Waals surface area contributed by atoms with Crippen molar-refractivity contribution in [3.8, 4) is 0 Å². The first-order chi connectivity index (χ1) is 10.2. The summed E-state index contributed by atoms with van der Waals surface area (Å²) in [5.74, 6) is 0.789. The van der Waals surface area contributed by atoms with E-state index in [1.54, 1.807) is 0 Å². The van der Waals surface area contributed by atoms with E-state index in [2.05, 4.69) is 41.7 Å². The summed E-state index contributed by atoms with van der Waals surface area (Å²) in [6.07, 6.45) is 2.27. The summed E-state index contributed by atoms with van der Waals surface area (Å²) in [6, 6.07) is 12.3. The molecule has 0 unspecified atom stereocenters. The Morgan fingerprint density at radius 2 is 2.05 bits per heavy atom. The molecule has 2 rings (SSSR count). The molecule has 0 bridgehead atoms. The minimum Gasteiger partial charge on any atom is -0.362 e. The molecule has 5 heteroatoms. The van der Waals surface area contributed by atoms with Gasteiger partial charge in [0.15, 0.2) is 10.9 Å². The molecule has 1 aromatic carbocycles. The summed E-state index contributed by atoms with van der Waals surface area (Å²) < 4.78 is 1.98. The zero-order valence-corrected chi connectivity index (χ0v) is 13.4. The SMILES string of the molecule is CCCCNC(=S)Nc1cc(C)n(Cc2ccccc2)n1. The molecule has 2 N–H and O–H groups in total. The van der Waals surface area contributed by atoms with Gasteiger partial charge in [0.1, 0.15) is 0 Å². The first-order valence-electron chi connectivity index (χ1n) is 7.32. The van der Waals surface area contributed by atoms with E-state index in [0.717, 1.165) is 37.4 Å². The normalized spacial score (nSPS) is 10.4. The first kappa shape index (κ1) is 15.5. The average Bonchev–Trinajstić information content (AvgIpc) is 2.80. The van der Waals surface area contributed by atoms with Crippen LogP contribution >= 0.6 is 12.2 Å². The third kappa shape index (κ3) is 4.86. The number of thiocarbonyl (C=S) groups is 1. The molecule has 0 saturated heterocycles. The number of benzene rings is 1. The number of nitrogens with one attached hydrogen (secondary N) is 2. The molecule has 0 aliphatic carbocycles. The van der Waals surface area contributed by atoms with E-state index < -0.39 is 0 Å². The Morgan fingerprint density at radius 3 is 2.76 bits per heavy atom. The number of nitrogens with zero attached hydrogens (tertiary/aromatic N) is 2. The van der Waals surface area contributed by atoms with Gasteiger partial charge >= 0.3 is 0 Å². The number of aromatic nitrogens is 2. The molecule has 0 radical (unpaired) electrons. The van der Waals surface area contributed by atoms with E-state index in [-0.39, 0.29) is 0 Å². The number of anilines is 1. The Morgan fingerprint density at radius 1 is 1.29 bits per heavy atom. The molecule has 0 aliphatic rings. The third-order valence-corrected chi connectivity index (χ3v) is 3.46. The van der Waals surface area contributed by atoms with Gasteiger partial charge in [-0.25, -0.2) is 0 Å². The molecule has 0 saturated carbocycles. The smallest absolute Gasteiger partial charge is 0.171 e. The van der Waals surface area contributed by atoms with Crippen LogP contribution < -0.4 is 10.6 Å². The van der Waals surface area contributed by atoms with Crippen molar-refractivity contribution in [1.82, 2.24) is 15.1 Å². The van der Waals surface area contributed by atoms with Crippen LogP contribution in [0.5, 0.6) is 0 Å². The highest BCUT2D eigenvalue weighted by Crippen LogP contribution is 2.11. The standard InChI is InChI=1S/C16H22N4S/c1-3-4-10-17-16(21)18-15-11-13(2)20(19-15)12-14-8-6-5-7-9-14/h5-9,11H,3-4,10,12H2,1-2H3,(H2,17,18,19,21). The van der Waals surface area contributed by atoms with Crippen molar-refractivity contribution in [2.75, 3.05) is 11.9 Å². The number of hydrogen-bond acceptors (Lipinski definition) is 2. The maximum atomic E-state index is 5.26. The van der Waals surface area contributed by atoms with Gasteiger partial charge in [-0.2, -0.15) is 5.10 Å². The van der Waals surface area contributed by atoms with Gasteiger partial charge in [-0.05, 0) is 31.1 Å². The lowest BCUT2D eigenvalue weighted by atomic mass is 10.2. The van der Waals surface area contributed by atoms with Crippen molar-refractivity contribution in [1.29, 1.82) is 0 Å². The molecule has 0 atom stereocenters. The van der Waals surface area contributed by atoms with E-state index in [1.165, 1.54) is 5.56 Å². The van der Waals surface area contributed by atoms with Gasteiger partial charge in [0.25, 0.3) is 0 Å². The summed E-state index contributed by atoms with van der Waals surface area (Å²) >= 11 is 5.26. The van der Waals surface area contributed by atoms with Gasteiger partial charge in [-0.1, -0.05) is 43.7 Å². The molecule has 112 valence electrons. The van der Waals surface area contributed by atoms with Crippen molar-refractivity contribution in [2.45, 2.75) is 33.2 Å². The minimum atomic E-state index is 0.632. The predicted octanol–water partition coefficient (Wildman–Crippen LogP) is 3.33. The van der Waals surface area contributed by atoms with Gasteiger partial charge in [-0.15, -0.1) is 0 Å². The Labute approximate surface area is 131 Å². The van der Waals surface area contributed by atoms with Crippen LogP contribution in [-0.2, 0) is 6.54 Å². The van der Waals surface area contributed by atoms with Crippen LogP contribution in [0, 0.1) is 6.92 Å². The zero-order valence-electron chi connectivity index (χ0n) is 12.6. The predicted molar refractivity (Wildman–Crippen MR) is 91.6 cm³/mol. The maximum Gasteiger partial charge on any atom is 0.171 e. The van der Waals surface area contributed by atoms with Crippen LogP contribution in [0.15, 0.2) is 36.4 Å². The molecular weight excluding hydrogens is 280 g/mol. The van der Waals surface area contributed by atoms with E-state index in [9.17, 15) is 0 Å². The quantitative estimate of drug-likeness (QED) is 0.634. The Kier molecular flexibility index (Phi) is 5.75. The third-order valence-electron chi connectivity index (χ3n) is 3.21. The number of aryl methyl sites for hydroxylation is 1. The number of rotatable bonds is 6. The molecular formula is C16H22N4S. The molecule has 0 amide bonds. The van der Waals surface area contributed by atoms with E-state index in [0.29, 0.717) is 5.11 Å². The van der Waals surface area contributed by atoms with Gasteiger partial charge in [-0.3, -0.25) is 4.68 Å². The van der Waals surface area contributed by atoms with Gasteiger partial charge in [0.2, 0.25) is 0 Å². The second kappa shape index (κ2) is 7.78. The second-order valence-electron chi connectivity index (χ2n) is 5.05. The van der Waals surface area contributed by atoms with Crippen LogP contribution in [0.4, 0.5) is 5.82 Å². The first-order valence-corrected chi connectivity index (χ1v) is 7.73. The molecule has 0 fully saturated rings. The number of hydrogen-bond donors (Lipinski definition) is 2. The summed E-state index contributed by atoms with van der Waals surface area (Å²) in [7, 11) is 0. The van der Waals surface area contributed by atoms with Crippen LogP contribution in [-0.4, -0.2) is 21.4 Å². The van der Waals surface area contributed by atoms with Crippen LogP contribution in [0.3, 0.4) is 0 Å². The highest BCUT2D eigenvalue weighted by atomic mass is 32.1. The minimum absolute atomic E-state index is 0.632. The lowest BCUT2D eigenvalue weighted by Crippen LogP contribution is -2.29. The Bertz CT molecular complexity index is 577. The van der Waals surface area contributed by atoms with Crippen molar-refractivity contribution in [3.63, 3.8) is 0 Å². The van der Waals surface area contributed by atoms with E-state index in [1.807, 2.05) is 28.9 Å². The highest BCUT2D eigenvalue weighted by molar-refractivity contribution is 7.80. The fourth-order valence-corrected chi connectivity index (χ4v) is 2.23. The van der Waals surface area contributed by atoms with E-state index >= 15 is 0 Å². The molecule has 2 aromatic rings. The van der Waals surface area contributed by atoms with Crippen molar-refractivity contribution in [3.05, 3.63) is 47.7 Å². The van der Waals surface area contributed by atoms with Crippen LogP contribution in [0.25, 0.3) is 0 Å². The van der Waals surface area contributed by atoms with Crippen molar-refractivity contribution in [2.24, 2.45) is 0 Å². The van der Waals surface area contributed by atoms with Gasteiger partial charge in [0.05, 0.1) is 6.54 Å². The van der Waals surface area contributed by atoms with Crippen LogP contribution in [0.1, 0.15) is 31.0 Å². The van der Waals surface area contributed by atoms with Crippen LogP contribution in [0.2, 0.25) is 0 Å². The summed E-state index contributed by atoms with van der Waals surface area (Å²) in [6.45, 7) is 5.87. The summed E-state index contributed by atoms with van der Waals surface area (Å²) in [5, 5.41) is 11.5. The lowest BCUT2D eigenvalue weighted by Gasteiger charge is -2.07. The lowest BCUT2D eigenvalue weighted by molar-refractivity contribution is 0.667. The summed E-state index contributed by atoms with van der Waals surface area (Å²) in [4.78, 5) is 0. The fourth-order valence-electron chi connectivity index (χ4n) is 2.03. The monoisotopic (exact) mass is 302 g/mol. The highest BCUT2D eigenvalue weighted by Gasteiger charge is 2.06. The van der Waals surface area contributed by atoms with E-state index in [4.69, 9.17) is 12.2 Å². The molecule has 0 spiro atoms. The molecule has 1 aromatic heterocycles. The second-order valence-corrected chi connectivity index (χ2v) is 5.46. The number of unbranched alkanes of at least 4 members (excludes halogenated alkanes) is 1. The molecule has 1 heterocycles. The topological polar surface area (TPSA) is 41.9 Å². The maximum absolute atomic E-state index is 5.26. The fraction of sp³-hybridized carbons (Fsp3) is 0.375.